The summed E-state index contributed by atoms with van der Waals surface area (Å²) in [5.41, 5.74) is 1.55. The van der Waals surface area contributed by atoms with E-state index < -0.39 is 11.8 Å². The van der Waals surface area contributed by atoms with Gasteiger partial charge in [0.15, 0.2) is 17.2 Å². The van der Waals surface area contributed by atoms with Gasteiger partial charge in [-0.05, 0) is 18.2 Å². The fraction of sp³-hybridized carbons (Fsp3) is 0.0714. The van der Waals surface area contributed by atoms with Gasteiger partial charge < -0.3 is 9.84 Å². The summed E-state index contributed by atoms with van der Waals surface area (Å²) in [5, 5.41) is 13.1. The first kappa shape index (κ1) is 13.0. The van der Waals surface area contributed by atoms with Gasteiger partial charge in [-0.1, -0.05) is 0 Å². The third kappa shape index (κ3) is 2.29. The first-order valence-electron chi connectivity index (χ1n) is 6.01. The number of carboxylic acid groups (broad SMARTS) is 1. The van der Waals surface area contributed by atoms with Crippen LogP contribution in [0.25, 0.3) is 16.9 Å². The molecular formula is C14H10FN3O3. The van der Waals surface area contributed by atoms with E-state index in [4.69, 9.17) is 9.84 Å². The molecule has 0 spiro atoms. The predicted octanol–water partition coefficient (Wildman–Crippen LogP) is 2.24. The Labute approximate surface area is 118 Å². The number of hydrogen-bond acceptors (Lipinski definition) is 4. The molecule has 0 aliphatic rings. The number of ether oxygens (including phenoxy) is 1. The fourth-order valence-corrected chi connectivity index (χ4v) is 1.95. The maximum absolute atomic E-state index is 13.7. The lowest BCUT2D eigenvalue weighted by Crippen LogP contribution is -2.01. The van der Waals surface area contributed by atoms with Crippen molar-refractivity contribution in [3.63, 3.8) is 0 Å². The molecule has 1 N–H and O–H groups in total. The van der Waals surface area contributed by atoms with Crippen molar-refractivity contribution in [3.8, 4) is 17.0 Å². The van der Waals surface area contributed by atoms with Crippen LogP contribution in [-0.2, 0) is 0 Å². The van der Waals surface area contributed by atoms with E-state index in [2.05, 4.69) is 10.1 Å². The fourth-order valence-electron chi connectivity index (χ4n) is 1.95. The van der Waals surface area contributed by atoms with E-state index in [9.17, 15) is 9.18 Å². The number of methoxy groups -OCH3 is 1. The standard InChI is InChI=1S/C14H10FN3O3/c1-21-12-3-2-8(4-10(12)15)11-5-13-16-6-9(14(19)20)7-18(13)17-11/h2-7H,1H3,(H,19,20). The second-order valence-corrected chi connectivity index (χ2v) is 4.33. The molecule has 2 aromatic heterocycles. The van der Waals surface area contributed by atoms with E-state index in [-0.39, 0.29) is 11.3 Å². The highest BCUT2D eigenvalue weighted by Gasteiger charge is 2.11. The third-order valence-electron chi connectivity index (χ3n) is 3.01. The molecule has 1 aromatic carbocycles. The Morgan fingerprint density at radius 1 is 1.38 bits per heavy atom. The number of benzene rings is 1. The molecule has 0 radical (unpaired) electrons. The maximum atomic E-state index is 13.7. The van der Waals surface area contributed by atoms with Gasteiger partial charge in [-0.2, -0.15) is 5.10 Å². The number of carboxylic acids is 1. The Morgan fingerprint density at radius 2 is 2.19 bits per heavy atom. The number of nitrogens with zero attached hydrogens (tertiary/aromatic N) is 3. The van der Waals surface area contributed by atoms with Crippen LogP contribution in [0.5, 0.6) is 5.75 Å². The Balaban J connectivity index is 2.08. The topological polar surface area (TPSA) is 76.7 Å². The van der Waals surface area contributed by atoms with Crippen LogP contribution in [0, 0.1) is 5.82 Å². The number of rotatable bonds is 3. The Hall–Kier alpha value is -2.96. The molecule has 0 aliphatic heterocycles. The average molecular weight is 287 g/mol. The van der Waals surface area contributed by atoms with Crippen LogP contribution in [0.4, 0.5) is 4.39 Å². The van der Waals surface area contributed by atoms with Crippen molar-refractivity contribution in [2.75, 3.05) is 7.11 Å². The molecule has 0 atom stereocenters. The number of carbonyl (C=O) groups is 1. The number of aromatic carboxylic acids is 1. The van der Waals surface area contributed by atoms with Crippen molar-refractivity contribution in [3.05, 3.63) is 48.0 Å². The van der Waals surface area contributed by atoms with Crippen molar-refractivity contribution in [2.45, 2.75) is 0 Å². The first-order valence-corrected chi connectivity index (χ1v) is 6.01. The minimum absolute atomic E-state index is 0.0260. The van der Waals surface area contributed by atoms with E-state index in [0.29, 0.717) is 16.9 Å². The monoisotopic (exact) mass is 287 g/mol. The zero-order valence-electron chi connectivity index (χ0n) is 10.9. The summed E-state index contributed by atoms with van der Waals surface area (Å²) in [5.74, 6) is -1.43. The molecule has 21 heavy (non-hydrogen) atoms. The lowest BCUT2D eigenvalue weighted by Gasteiger charge is -2.02. The molecule has 106 valence electrons. The normalized spacial score (nSPS) is 10.8. The summed E-state index contributed by atoms with van der Waals surface area (Å²) >= 11 is 0. The van der Waals surface area contributed by atoms with Crippen molar-refractivity contribution in [2.24, 2.45) is 0 Å². The number of hydrogen-bond donors (Lipinski definition) is 1. The Bertz CT molecular complexity index is 845. The van der Waals surface area contributed by atoms with E-state index in [0.717, 1.165) is 0 Å². The van der Waals surface area contributed by atoms with Crippen molar-refractivity contribution in [1.82, 2.24) is 14.6 Å². The van der Waals surface area contributed by atoms with E-state index in [1.165, 1.54) is 36.2 Å². The number of fused-ring (bicyclic) bond motifs is 1. The van der Waals surface area contributed by atoms with Gasteiger partial charge in [0, 0.05) is 24.0 Å². The summed E-state index contributed by atoms with van der Waals surface area (Å²) in [4.78, 5) is 14.9. The van der Waals surface area contributed by atoms with Gasteiger partial charge in [0.1, 0.15) is 0 Å². The van der Waals surface area contributed by atoms with Gasteiger partial charge in [-0.15, -0.1) is 0 Å². The molecule has 0 bridgehead atoms. The SMILES string of the molecule is COc1ccc(-c2cc3ncc(C(=O)O)cn3n2)cc1F. The van der Waals surface area contributed by atoms with Crippen LogP contribution >= 0.6 is 0 Å². The van der Waals surface area contributed by atoms with E-state index in [1.54, 1.807) is 12.1 Å². The third-order valence-corrected chi connectivity index (χ3v) is 3.01. The zero-order chi connectivity index (χ0) is 15.0. The predicted molar refractivity (Wildman–Crippen MR) is 71.9 cm³/mol. The summed E-state index contributed by atoms with van der Waals surface area (Å²) in [7, 11) is 1.39. The minimum atomic E-state index is -1.09. The first-order chi connectivity index (χ1) is 10.1. The lowest BCUT2D eigenvalue weighted by molar-refractivity contribution is 0.0695. The lowest BCUT2D eigenvalue weighted by atomic mass is 10.1. The number of halogens is 1. The molecule has 0 unspecified atom stereocenters. The van der Waals surface area contributed by atoms with Crippen molar-refractivity contribution < 1.29 is 19.0 Å². The van der Waals surface area contributed by atoms with Crippen LogP contribution < -0.4 is 4.74 Å². The van der Waals surface area contributed by atoms with Crippen molar-refractivity contribution >= 4 is 11.6 Å². The molecule has 0 amide bonds. The zero-order valence-corrected chi connectivity index (χ0v) is 10.9. The van der Waals surface area contributed by atoms with Gasteiger partial charge in [-0.25, -0.2) is 18.7 Å². The van der Waals surface area contributed by atoms with Crippen LogP contribution in [0.2, 0.25) is 0 Å². The molecule has 2 heterocycles. The summed E-state index contributed by atoms with van der Waals surface area (Å²) in [6.07, 6.45) is 2.60. The quantitative estimate of drug-likeness (QED) is 0.799. The molecule has 0 aliphatic carbocycles. The highest BCUT2D eigenvalue weighted by Crippen LogP contribution is 2.25. The second kappa shape index (κ2) is 4.86. The molecule has 0 saturated heterocycles. The smallest absolute Gasteiger partial charge is 0.338 e. The van der Waals surface area contributed by atoms with E-state index >= 15 is 0 Å². The minimum Gasteiger partial charge on any atom is -0.494 e. The molecule has 0 fully saturated rings. The molecule has 3 aromatic rings. The molecule has 6 nitrogen and oxygen atoms in total. The van der Waals surface area contributed by atoms with Gasteiger partial charge in [0.25, 0.3) is 0 Å². The van der Waals surface area contributed by atoms with Crippen LogP contribution in [0.3, 0.4) is 0 Å². The van der Waals surface area contributed by atoms with Crippen molar-refractivity contribution in [1.29, 1.82) is 0 Å². The summed E-state index contributed by atoms with van der Waals surface area (Å²) < 4.78 is 19.9. The summed E-state index contributed by atoms with van der Waals surface area (Å²) in [6.45, 7) is 0. The molecule has 3 rings (SSSR count). The highest BCUT2D eigenvalue weighted by molar-refractivity contribution is 5.87. The second-order valence-electron chi connectivity index (χ2n) is 4.33. The van der Waals surface area contributed by atoms with Gasteiger partial charge in [-0.3, -0.25) is 0 Å². The van der Waals surface area contributed by atoms with Gasteiger partial charge >= 0.3 is 5.97 Å². The maximum Gasteiger partial charge on any atom is 0.338 e. The van der Waals surface area contributed by atoms with Gasteiger partial charge in [0.05, 0.1) is 18.4 Å². The van der Waals surface area contributed by atoms with Crippen LogP contribution in [0.15, 0.2) is 36.7 Å². The molecular weight excluding hydrogens is 277 g/mol. The summed E-state index contributed by atoms with van der Waals surface area (Å²) in [6, 6.07) is 6.12. The van der Waals surface area contributed by atoms with Gasteiger partial charge in [0.2, 0.25) is 0 Å². The van der Waals surface area contributed by atoms with Crippen LogP contribution in [-0.4, -0.2) is 32.8 Å². The molecule has 0 saturated carbocycles. The van der Waals surface area contributed by atoms with E-state index in [1.807, 2.05) is 0 Å². The average Bonchev–Trinajstić information content (AvgIpc) is 2.89. The number of aromatic nitrogens is 3. The highest BCUT2D eigenvalue weighted by atomic mass is 19.1. The largest absolute Gasteiger partial charge is 0.494 e. The molecule has 7 heteroatoms. The Kier molecular flexibility index (Phi) is 3.02. The van der Waals surface area contributed by atoms with Crippen LogP contribution in [0.1, 0.15) is 10.4 Å². The Morgan fingerprint density at radius 3 is 2.86 bits per heavy atom.